The van der Waals surface area contributed by atoms with E-state index in [1.165, 1.54) is 13.6 Å². The van der Waals surface area contributed by atoms with E-state index in [1.807, 2.05) is 32.0 Å². The molecule has 1 aromatic carbocycles. The fourth-order valence-electron chi connectivity index (χ4n) is 2.53. The topological polar surface area (TPSA) is 61.3 Å². The maximum atomic E-state index is 12.7. The molecule has 0 bridgehead atoms. The number of aromatic nitrogens is 4. The van der Waals surface area contributed by atoms with E-state index in [0.717, 1.165) is 16.8 Å². The van der Waals surface area contributed by atoms with Crippen LogP contribution in [0.15, 0.2) is 40.2 Å². The minimum absolute atomic E-state index is 0.0929. The molecule has 2 aromatic heterocycles. The zero-order valence-corrected chi connectivity index (χ0v) is 13.2. The van der Waals surface area contributed by atoms with Crippen molar-refractivity contribution in [2.45, 2.75) is 27.3 Å². The van der Waals surface area contributed by atoms with Crippen LogP contribution in [0.4, 0.5) is 0 Å². The first kappa shape index (κ1) is 14.9. The lowest BCUT2D eigenvalue weighted by molar-refractivity contribution is 0.684. The summed E-state index contributed by atoms with van der Waals surface area (Å²) in [5.41, 5.74) is 2.27. The maximum Gasteiger partial charge on any atom is 0.351 e. The monoisotopic (exact) mass is 308 g/mol. The van der Waals surface area contributed by atoms with Crippen molar-refractivity contribution in [1.29, 1.82) is 0 Å². The van der Waals surface area contributed by atoms with Crippen LogP contribution in [0.25, 0.3) is 11.3 Å². The number of fused-ring (bicyclic) bond motifs is 1. The van der Waals surface area contributed by atoms with Crippen molar-refractivity contribution in [3.63, 3.8) is 0 Å². The molecule has 0 radical (unpaired) electrons. The number of hydrogen-bond donors (Lipinski definition) is 0. The predicted molar refractivity (Wildman–Crippen MR) is 88.0 cm³/mol. The van der Waals surface area contributed by atoms with E-state index in [9.17, 15) is 9.59 Å². The van der Waals surface area contributed by atoms with Crippen molar-refractivity contribution in [2.24, 2.45) is 0 Å². The average Bonchev–Trinajstić information content (AvgIpc) is 2.84. The second-order valence-corrected chi connectivity index (χ2v) is 5.32. The lowest BCUT2D eigenvalue weighted by atomic mass is 10.1. The molecule has 116 valence electrons. The van der Waals surface area contributed by atoms with Gasteiger partial charge in [-0.3, -0.25) is 9.36 Å². The van der Waals surface area contributed by atoms with Crippen molar-refractivity contribution < 1.29 is 0 Å². The fraction of sp³-hybridized carbons (Fsp3) is 0.235. The number of benzene rings is 1. The van der Waals surface area contributed by atoms with Crippen LogP contribution in [0.1, 0.15) is 18.1 Å². The highest BCUT2D eigenvalue weighted by molar-refractivity contribution is 5.45. The molecule has 0 aliphatic heterocycles. The van der Waals surface area contributed by atoms with Crippen molar-refractivity contribution in [1.82, 2.24) is 18.7 Å². The molecule has 0 unspecified atom stereocenters. The molecule has 0 saturated carbocycles. The minimum Gasteiger partial charge on any atom is -0.279 e. The summed E-state index contributed by atoms with van der Waals surface area (Å²) in [6.45, 7) is 5.80. The Balaban J connectivity index is 2.24. The Morgan fingerprint density at radius 2 is 1.96 bits per heavy atom. The zero-order valence-electron chi connectivity index (χ0n) is 13.2. The van der Waals surface area contributed by atoms with Gasteiger partial charge in [-0.15, -0.1) is 11.0 Å². The second-order valence-electron chi connectivity index (χ2n) is 5.32. The average molecular weight is 308 g/mol. The van der Waals surface area contributed by atoms with Gasteiger partial charge in [0.1, 0.15) is 6.54 Å². The van der Waals surface area contributed by atoms with Gasteiger partial charge in [0.05, 0.1) is 5.69 Å². The van der Waals surface area contributed by atoms with Crippen LogP contribution in [0.2, 0.25) is 0 Å². The molecule has 0 N–H and O–H groups in total. The molecule has 0 aliphatic carbocycles. The third kappa shape index (κ3) is 2.46. The Hall–Kier alpha value is -3.07. The molecule has 0 spiro atoms. The molecule has 0 amide bonds. The fourth-order valence-corrected chi connectivity index (χ4v) is 2.53. The van der Waals surface area contributed by atoms with Crippen LogP contribution in [0.3, 0.4) is 0 Å². The first-order chi connectivity index (χ1) is 11.0. The van der Waals surface area contributed by atoms with Gasteiger partial charge < -0.3 is 0 Å². The second kappa shape index (κ2) is 5.61. The van der Waals surface area contributed by atoms with Gasteiger partial charge in [-0.2, -0.15) is 0 Å². The van der Waals surface area contributed by atoms with Gasteiger partial charge in [0.25, 0.3) is 0 Å². The lowest BCUT2D eigenvalue weighted by Gasteiger charge is -2.09. The standard InChI is InChI=1S/C17H16N4O2/c1-4-5-8-21-17(23)20-10-9-19(16(22)15(20)18-21)14-7-6-12(2)11-13(14)3/h6-7,9-11H,8H2,1-3H3. The highest BCUT2D eigenvalue weighted by Gasteiger charge is 2.13. The lowest BCUT2D eigenvalue weighted by Crippen LogP contribution is -2.24. The summed E-state index contributed by atoms with van der Waals surface area (Å²) in [6, 6.07) is 5.84. The van der Waals surface area contributed by atoms with E-state index in [4.69, 9.17) is 0 Å². The van der Waals surface area contributed by atoms with Crippen LogP contribution in [0.5, 0.6) is 0 Å². The minimum atomic E-state index is -0.368. The van der Waals surface area contributed by atoms with Gasteiger partial charge in [-0.1, -0.05) is 23.6 Å². The Bertz CT molecular complexity index is 1070. The normalized spacial score (nSPS) is 10.6. The summed E-state index contributed by atoms with van der Waals surface area (Å²) in [4.78, 5) is 24.9. The van der Waals surface area contributed by atoms with Gasteiger partial charge in [-0.25, -0.2) is 13.9 Å². The summed E-state index contributed by atoms with van der Waals surface area (Å²) in [6.07, 6.45) is 3.15. The van der Waals surface area contributed by atoms with Crippen LogP contribution < -0.4 is 11.2 Å². The molecular formula is C17H16N4O2. The summed E-state index contributed by atoms with van der Waals surface area (Å²) in [5.74, 6) is 5.49. The zero-order chi connectivity index (χ0) is 16.6. The summed E-state index contributed by atoms with van der Waals surface area (Å²) >= 11 is 0. The van der Waals surface area contributed by atoms with Gasteiger partial charge >= 0.3 is 11.2 Å². The Labute approximate surface area is 132 Å². The molecule has 3 rings (SSSR count). The Morgan fingerprint density at radius 3 is 2.65 bits per heavy atom. The molecule has 6 heteroatoms. The van der Waals surface area contributed by atoms with Crippen LogP contribution in [-0.4, -0.2) is 18.7 Å². The molecule has 0 fully saturated rings. The van der Waals surface area contributed by atoms with Crippen molar-refractivity contribution in [2.75, 3.05) is 0 Å². The van der Waals surface area contributed by atoms with E-state index >= 15 is 0 Å². The molecule has 23 heavy (non-hydrogen) atoms. The first-order valence-corrected chi connectivity index (χ1v) is 7.21. The SMILES string of the molecule is CC#CCn1nc2c(=O)n(-c3ccc(C)cc3C)ccn2c1=O. The third-order valence-electron chi connectivity index (χ3n) is 3.66. The Morgan fingerprint density at radius 1 is 1.17 bits per heavy atom. The van der Waals surface area contributed by atoms with E-state index in [1.54, 1.807) is 19.3 Å². The quantitative estimate of drug-likeness (QED) is 0.670. The molecule has 0 atom stereocenters. The summed E-state index contributed by atoms with van der Waals surface area (Å²) in [7, 11) is 0. The Kier molecular flexibility index (Phi) is 3.62. The maximum absolute atomic E-state index is 12.7. The van der Waals surface area contributed by atoms with Gasteiger partial charge in [0.15, 0.2) is 0 Å². The molecule has 6 nitrogen and oxygen atoms in total. The summed E-state index contributed by atoms with van der Waals surface area (Å²) in [5, 5.41) is 4.11. The molecule has 3 aromatic rings. The molecule has 0 saturated heterocycles. The number of aryl methyl sites for hydroxylation is 2. The van der Waals surface area contributed by atoms with E-state index in [-0.39, 0.29) is 23.4 Å². The summed E-state index contributed by atoms with van der Waals surface area (Å²) < 4.78 is 3.95. The number of rotatable bonds is 2. The third-order valence-corrected chi connectivity index (χ3v) is 3.66. The smallest absolute Gasteiger partial charge is 0.279 e. The van der Waals surface area contributed by atoms with Crippen molar-refractivity contribution in [3.8, 4) is 17.5 Å². The first-order valence-electron chi connectivity index (χ1n) is 7.21. The number of hydrogen-bond acceptors (Lipinski definition) is 3. The van der Waals surface area contributed by atoms with Crippen molar-refractivity contribution in [3.05, 3.63) is 62.6 Å². The van der Waals surface area contributed by atoms with Crippen LogP contribution in [0, 0.1) is 25.7 Å². The van der Waals surface area contributed by atoms with Gasteiger partial charge in [-0.05, 0) is 32.4 Å². The molecule has 0 aliphatic rings. The van der Waals surface area contributed by atoms with Gasteiger partial charge in [0.2, 0.25) is 5.65 Å². The highest BCUT2D eigenvalue weighted by atomic mass is 16.2. The largest absolute Gasteiger partial charge is 0.351 e. The number of nitrogens with zero attached hydrogens (tertiary/aromatic N) is 4. The van der Waals surface area contributed by atoms with Crippen molar-refractivity contribution >= 4 is 5.65 Å². The van der Waals surface area contributed by atoms with E-state index < -0.39 is 0 Å². The molecular weight excluding hydrogens is 292 g/mol. The van der Waals surface area contributed by atoms with E-state index in [2.05, 4.69) is 16.9 Å². The van der Waals surface area contributed by atoms with E-state index in [0.29, 0.717) is 0 Å². The van der Waals surface area contributed by atoms with Gasteiger partial charge in [0, 0.05) is 12.4 Å². The predicted octanol–water partition coefficient (Wildman–Crippen LogP) is 1.29. The highest BCUT2D eigenvalue weighted by Crippen LogP contribution is 2.13. The van der Waals surface area contributed by atoms with Crippen LogP contribution >= 0.6 is 0 Å². The molecule has 2 heterocycles. The van der Waals surface area contributed by atoms with Crippen LogP contribution in [-0.2, 0) is 6.54 Å².